The maximum absolute atomic E-state index is 11.8. The highest BCUT2D eigenvalue weighted by atomic mass is 16.4. The summed E-state index contributed by atoms with van der Waals surface area (Å²) in [5, 5.41) is 18.8. The molecule has 0 aliphatic carbocycles. The number of rotatable bonds is 8. The first-order valence-electron chi connectivity index (χ1n) is 8.25. The number of carboxylic acid groups (broad SMARTS) is 1. The number of hydrogen-bond acceptors (Lipinski definition) is 4. The maximum Gasteiger partial charge on any atom is 0.303 e. The molecule has 5 nitrogen and oxygen atoms in total. The van der Waals surface area contributed by atoms with Crippen LogP contribution in [0.25, 0.3) is 0 Å². The van der Waals surface area contributed by atoms with Gasteiger partial charge in [0.15, 0.2) is 0 Å². The van der Waals surface area contributed by atoms with Gasteiger partial charge in [0.25, 0.3) is 0 Å². The van der Waals surface area contributed by atoms with E-state index in [-0.39, 0.29) is 29.3 Å². The van der Waals surface area contributed by atoms with Gasteiger partial charge in [0, 0.05) is 36.8 Å². The zero-order valence-corrected chi connectivity index (χ0v) is 14.4. The zero-order valence-electron chi connectivity index (χ0n) is 14.4. The fraction of sp³-hybridized carbons (Fsp3) is 0.882. The average molecular weight is 313 g/mol. The Balaban J connectivity index is 2.38. The molecule has 1 aliphatic heterocycles. The van der Waals surface area contributed by atoms with Gasteiger partial charge < -0.3 is 10.2 Å². The van der Waals surface area contributed by atoms with Crippen molar-refractivity contribution in [3.8, 4) is 0 Å². The molecule has 1 atom stereocenters. The number of aliphatic hydroxyl groups excluding tert-OH is 1. The Morgan fingerprint density at radius 2 is 1.68 bits per heavy atom. The number of carbonyl (C=O) groups is 2. The molecule has 1 saturated heterocycles. The molecule has 1 rings (SSSR count). The van der Waals surface area contributed by atoms with Crippen LogP contribution < -0.4 is 0 Å². The summed E-state index contributed by atoms with van der Waals surface area (Å²) in [6.45, 7) is 10.2. The molecule has 1 heterocycles. The summed E-state index contributed by atoms with van der Waals surface area (Å²) in [5.74, 6) is -0.695. The summed E-state index contributed by atoms with van der Waals surface area (Å²) >= 11 is 0. The minimum atomic E-state index is -0.844. The van der Waals surface area contributed by atoms with Gasteiger partial charge in [-0.1, -0.05) is 13.8 Å². The fourth-order valence-electron chi connectivity index (χ4n) is 3.15. The van der Waals surface area contributed by atoms with E-state index in [4.69, 9.17) is 5.11 Å². The third-order valence-corrected chi connectivity index (χ3v) is 5.60. The van der Waals surface area contributed by atoms with Crippen LogP contribution in [-0.2, 0) is 9.59 Å². The van der Waals surface area contributed by atoms with Gasteiger partial charge in [0.1, 0.15) is 5.78 Å². The first-order valence-corrected chi connectivity index (χ1v) is 8.25. The SMILES string of the molecule is CC1(C)C(O)CCN(CCCC(=O)CCCC(=O)O)C1(C)C. The summed E-state index contributed by atoms with van der Waals surface area (Å²) in [4.78, 5) is 24.5. The number of carbonyl (C=O) groups excluding carboxylic acids is 1. The van der Waals surface area contributed by atoms with Crippen LogP contribution in [0.2, 0.25) is 0 Å². The first kappa shape index (κ1) is 19.1. The topological polar surface area (TPSA) is 77.8 Å². The van der Waals surface area contributed by atoms with Crippen LogP contribution in [0.1, 0.15) is 66.2 Å². The lowest BCUT2D eigenvalue weighted by Crippen LogP contribution is -2.63. The van der Waals surface area contributed by atoms with E-state index in [9.17, 15) is 14.7 Å². The predicted octanol–water partition coefficient (Wildman–Crippen LogP) is 2.46. The summed E-state index contributed by atoms with van der Waals surface area (Å²) in [6, 6.07) is 0. The molecule has 128 valence electrons. The van der Waals surface area contributed by atoms with Crippen LogP contribution in [0.15, 0.2) is 0 Å². The highest BCUT2D eigenvalue weighted by Gasteiger charge is 2.49. The van der Waals surface area contributed by atoms with Crippen molar-refractivity contribution in [2.45, 2.75) is 77.9 Å². The van der Waals surface area contributed by atoms with Crippen molar-refractivity contribution in [3.05, 3.63) is 0 Å². The largest absolute Gasteiger partial charge is 0.481 e. The van der Waals surface area contributed by atoms with E-state index < -0.39 is 5.97 Å². The van der Waals surface area contributed by atoms with Crippen LogP contribution in [0.4, 0.5) is 0 Å². The van der Waals surface area contributed by atoms with Gasteiger partial charge in [-0.15, -0.1) is 0 Å². The van der Waals surface area contributed by atoms with E-state index in [0.29, 0.717) is 19.3 Å². The van der Waals surface area contributed by atoms with Crippen molar-refractivity contribution >= 4 is 11.8 Å². The predicted molar refractivity (Wildman–Crippen MR) is 85.8 cm³/mol. The molecule has 0 bridgehead atoms. The molecule has 0 aromatic carbocycles. The van der Waals surface area contributed by atoms with E-state index >= 15 is 0 Å². The van der Waals surface area contributed by atoms with Gasteiger partial charge in [0.2, 0.25) is 0 Å². The van der Waals surface area contributed by atoms with Crippen LogP contribution in [-0.4, -0.2) is 51.6 Å². The van der Waals surface area contributed by atoms with Crippen molar-refractivity contribution in [2.24, 2.45) is 5.41 Å². The van der Waals surface area contributed by atoms with Crippen molar-refractivity contribution in [1.82, 2.24) is 4.90 Å². The maximum atomic E-state index is 11.8. The Kier molecular flexibility index (Phi) is 6.56. The van der Waals surface area contributed by atoms with Crippen molar-refractivity contribution in [1.29, 1.82) is 0 Å². The van der Waals surface area contributed by atoms with Crippen molar-refractivity contribution in [3.63, 3.8) is 0 Å². The number of nitrogens with zero attached hydrogens (tertiary/aromatic N) is 1. The van der Waals surface area contributed by atoms with E-state index in [2.05, 4.69) is 32.6 Å². The van der Waals surface area contributed by atoms with E-state index in [0.717, 1.165) is 25.9 Å². The molecule has 0 saturated carbocycles. The lowest BCUT2D eigenvalue weighted by molar-refractivity contribution is -0.137. The molecule has 22 heavy (non-hydrogen) atoms. The van der Waals surface area contributed by atoms with Gasteiger partial charge in [-0.25, -0.2) is 0 Å². The first-order chi connectivity index (χ1) is 10.1. The zero-order chi connectivity index (χ0) is 17.0. The Bertz CT molecular complexity index is 403. The Labute approximate surface area is 133 Å². The quantitative estimate of drug-likeness (QED) is 0.720. The minimum absolute atomic E-state index is 0.0664. The summed E-state index contributed by atoms with van der Waals surface area (Å²) < 4.78 is 0. The second-order valence-electron chi connectivity index (χ2n) is 7.46. The van der Waals surface area contributed by atoms with Crippen LogP contribution in [0, 0.1) is 5.41 Å². The summed E-state index contributed by atoms with van der Waals surface area (Å²) in [7, 11) is 0. The molecule has 5 heteroatoms. The molecule has 2 N–H and O–H groups in total. The van der Waals surface area contributed by atoms with Crippen LogP contribution in [0.5, 0.6) is 0 Å². The smallest absolute Gasteiger partial charge is 0.303 e. The van der Waals surface area contributed by atoms with Gasteiger partial charge in [-0.2, -0.15) is 0 Å². The summed E-state index contributed by atoms with van der Waals surface area (Å²) in [5.41, 5.74) is -0.298. The number of likely N-dealkylation sites (tertiary alicyclic amines) is 1. The molecular formula is C17H31NO4. The van der Waals surface area contributed by atoms with E-state index in [1.807, 2.05) is 0 Å². The molecule has 0 radical (unpaired) electrons. The fourth-order valence-corrected chi connectivity index (χ4v) is 3.15. The van der Waals surface area contributed by atoms with Crippen molar-refractivity contribution < 1.29 is 19.8 Å². The number of aliphatic hydroxyl groups is 1. The standard InChI is InChI=1S/C17H31NO4/c1-16(2)14(20)10-12-18(17(16,3)4)11-6-8-13(19)7-5-9-15(21)22/h14,20H,5-12H2,1-4H3,(H,21,22). The number of hydrogen-bond donors (Lipinski definition) is 2. The highest BCUT2D eigenvalue weighted by molar-refractivity contribution is 5.78. The number of aliphatic carboxylic acids is 1. The number of piperidine rings is 1. The molecule has 0 aromatic rings. The van der Waals surface area contributed by atoms with Gasteiger partial charge in [-0.05, 0) is 39.7 Å². The Hall–Kier alpha value is -0.940. The number of ketones is 1. The average Bonchev–Trinajstić information content (AvgIpc) is 2.39. The van der Waals surface area contributed by atoms with E-state index in [1.54, 1.807) is 0 Å². The van der Waals surface area contributed by atoms with Gasteiger partial charge >= 0.3 is 5.97 Å². The number of Topliss-reactive ketones (excluding diaryl/α,β-unsaturated/α-hetero) is 1. The molecule has 1 aliphatic rings. The third-order valence-electron chi connectivity index (χ3n) is 5.60. The summed E-state index contributed by atoms with van der Waals surface area (Å²) in [6.07, 6.45) is 2.63. The minimum Gasteiger partial charge on any atom is -0.481 e. The Morgan fingerprint density at radius 1 is 1.09 bits per heavy atom. The van der Waals surface area contributed by atoms with Gasteiger partial charge in [-0.3, -0.25) is 14.5 Å². The molecule has 0 amide bonds. The second-order valence-corrected chi connectivity index (χ2v) is 7.46. The lowest BCUT2D eigenvalue weighted by atomic mass is 9.66. The second kappa shape index (κ2) is 7.55. The van der Waals surface area contributed by atoms with Crippen LogP contribution in [0.3, 0.4) is 0 Å². The normalized spacial score (nSPS) is 24.1. The van der Waals surface area contributed by atoms with Gasteiger partial charge in [0.05, 0.1) is 6.10 Å². The van der Waals surface area contributed by atoms with Crippen LogP contribution >= 0.6 is 0 Å². The molecular weight excluding hydrogens is 282 g/mol. The third kappa shape index (κ3) is 4.53. The highest BCUT2D eigenvalue weighted by Crippen LogP contribution is 2.43. The van der Waals surface area contributed by atoms with E-state index in [1.165, 1.54) is 0 Å². The molecule has 0 aromatic heterocycles. The molecule has 0 spiro atoms. The lowest BCUT2D eigenvalue weighted by Gasteiger charge is -2.55. The van der Waals surface area contributed by atoms with Crippen molar-refractivity contribution in [2.75, 3.05) is 13.1 Å². The Morgan fingerprint density at radius 3 is 2.27 bits per heavy atom. The molecule has 1 fully saturated rings. The molecule has 1 unspecified atom stereocenters. The monoisotopic (exact) mass is 313 g/mol. The number of carboxylic acids is 1.